The van der Waals surface area contributed by atoms with E-state index in [4.69, 9.17) is 19.9 Å². The van der Waals surface area contributed by atoms with E-state index in [9.17, 15) is 5.26 Å². The molecule has 0 fully saturated rings. The van der Waals surface area contributed by atoms with Gasteiger partial charge in [-0.3, -0.25) is 5.10 Å². The monoisotopic (exact) mass is 416 g/mol. The molecule has 0 saturated carbocycles. The number of hydrogen-bond donors (Lipinski definition) is 2. The highest BCUT2D eigenvalue weighted by atomic mass is 16.5. The number of nitriles is 1. The van der Waals surface area contributed by atoms with Gasteiger partial charge in [-0.05, 0) is 55.7 Å². The average Bonchev–Trinajstić information content (AvgIpc) is 3.15. The van der Waals surface area contributed by atoms with Crippen LogP contribution in [-0.4, -0.2) is 24.4 Å². The van der Waals surface area contributed by atoms with E-state index in [1.807, 2.05) is 32.0 Å². The number of H-pyrrole nitrogens is 1. The maximum atomic E-state index is 9.99. The molecule has 0 radical (unpaired) electrons. The lowest BCUT2D eigenvalue weighted by Gasteiger charge is -2.27. The maximum Gasteiger partial charge on any atom is 0.244 e. The van der Waals surface area contributed by atoms with Crippen LogP contribution in [-0.2, 0) is 0 Å². The first-order valence-corrected chi connectivity index (χ1v) is 9.85. The number of allylic oxidation sites excluding steroid dienone is 1. The molecule has 31 heavy (non-hydrogen) atoms. The molecule has 1 aliphatic heterocycles. The van der Waals surface area contributed by atoms with Crippen molar-refractivity contribution >= 4 is 0 Å². The lowest BCUT2D eigenvalue weighted by Crippen LogP contribution is -2.22. The van der Waals surface area contributed by atoms with Crippen LogP contribution in [0.1, 0.15) is 33.7 Å². The van der Waals surface area contributed by atoms with E-state index in [2.05, 4.69) is 35.3 Å². The van der Waals surface area contributed by atoms with Crippen LogP contribution in [0.3, 0.4) is 0 Å². The third-order valence-corrected chi connectivity index (χ3v) is 5.64. The van der Waals surface area contributed by atoms with Crippen LogP contribution >= 0.6 is 0 Å². The molecule has 0 saturated heterocycles. The van der Waals surface area contributed by atoms with Gasteiger partial charge in [0.1, 0.15) is 23.1 Å². The first-order chi connectivity index (χ1) is 14.9. The Labute approximate surface area is 181 Å². The van der Waals surface area contributed by atoms with E-state index in [1.165, 1.54) is 0 Å². The van der Waals surface area contributed by atoms with Crippen LogP contribution in [0.5, 0.6) is 17.4 Å². The van der Waals surface area contributed by atoms with Crippen molar-refractivity contribution in [2.45, 2.75) is 26.7 Å². The van der Waals surface area contributed by atoms with E-state index in [0.29, 0.717) is 28.6 Å². The largest absolute Gasteiger partial charge is 0.497 e. The van der Waals surface area contributed by atoms with Gasteiger partial charge >= 0.3 is 0 Å². The van der Waals surface area contributed by atoms with Crippen LogP contribution in [0.15, 0.2) is 41.8 Å². The van der Waals surface area contributed by atoms with Gasteiger partial charge in [0.2, 0.25) is 11.8 Å². The molecule has 2 heterocycles. The van der Waals surface area contributed by atoms with Gasteiger partial charge < -0.3 is 19.9 Å². The minimum absolute atomic E-state index is 0.0648. The number of methoxy groups -OCH3 is 2. The number of rotatable bonds is 4. The molecule has 2 aromatic carbocycles. The Kier molecular flexibility index (Phi) is 5.07. The second-order valence-corrected chi connectivity index (χ2v) is 7.62. The van der Waals surface area contributed by atoms with Crippen molar-refractivity contribution in [1.29, 1.82) is 5.26 Å². The van der Waals surface area contributed by atoms with Crippen LogP contribution in [0, 0.1) is 32.1 Å². The molecule has 0 spiro atoms. The smallest absolute Gasteiger partial charge is 0.244 e. The number of hydrogen-bond acceptors (Lipinski definition) is 6. The Morgan fingerprint density at radius 1 is 1.06 bits per heavy atom. The molecule has 1 aliphatic rings. The Morgan fingerprint density at radius 2 is 1.77 bits per heavy atom. The second-order valence-electron chi connectivity index (χ2n) is 7.62. The van der Waals surface area contributed by atoms with Crippen molar-refractivity contribution < 1.29 is 14.2 Å². The fourth-order valence-electron chi connectivity index (χ4n) is 4.39. The first-order valence-electron chi connectivity index (χ1n) is 9.85. The Bertz CT molecular complexity index is 1230. The highest BCUT2D eigenvalue weighted by molar-refractivity contribution is 5.76. The van der Waals surface area contributed by atoms with Gasteiger partial charge in [0, 0.05) is 5.56 Å². The van der Waals surface area contributed by atoms with Gasteiger partial charge in [0.05, 0.1) is 31.4 Å². The van der Waals surface area contributed by atoms with Gasteiger partial charge in [-0.15, -0.1) is 5.10 Å². The minimum Gasteiger partial charge on any atom is -0.497 e. The van der Waals surface area contributed by atoms with E-state index >= 15 is 0 Å². The fraction of sp³-hybridized carbons (Fsp3) is 0.250. The van der Waals surface area contributed by atoms with E-state index in [1.54, 1.807) is 14.2 Å². The number of fused-ring (bicyclic) bond motifs is 1. The number of nitrogens with one attached hydrogen (secondary N) is 1. The van der Waals surface area contributed by atoms with Gasteiger partial charge in [-0.25, -0.2) is 0 Å². The van der Waals surface area contributed by atoms with Gasteiger partial charge in [0.15, 0.2) is 0 Å². The summed E-state index contributed by atoms with van der Waals surface area (Å²) in [5.41, 5.74) is 13.0. The van der Waals surface area contributed by atoms with Crippen molar-refractivity contribution in [3.63, 3.8) is 0 Å². The van der Waals surface area contributed by atoms with Crippen molar-refractivity contribution in [2.75, 3.05) is 14.2 Å². The summed E-state index contributed by atoms with van der Waals surface area (Å²) in [6.07, 6.45) is 0. The van der Waals surface area contributed by atoms with Crippen molar-refractivity contribution in [1.82, 2.24) is 10.2 Å². The molecular weight excluding hydrogens is 392 g/mol. The van der Waals surface area contributed by atoms with Crippen LogP contribution < -0.4 is 19.9 Å². The van der Waals surface area contributed by atoms with E-state index in [-0.39, 0.29) is 5.88 Å². The SMILES string of the molecule is COc1ccc(OC)c(-c2[nH]nc3c2C(c2c(C)cc(C)cc2C)C(C#N)=C(N)O3)c1. The summed E-state index contributed by atoms with van der Waals surface area (Å²) in [5.74, 6) is 1.30. The van der Waals surface area contributed by atoms with Crippen molar-refractivity contribution in [2.24, 2.45) is 5.73 Å². The van der Waals surface area contributed by atoms with Crippen molar-refractivity contribution in [3.8, 4) is 34.7 Å². The highest BCUT2D eigenvalue weighted by Gasteiger charge is 2.37. The number of nitrogens with zero attached hydrogens (tertiary/aromatic N) is 2. The number of ether oxygens (including phenoxy) is 3. The average molecular weight is 416 g/mol. The third-order valence-electron chi connectivity index (χ3n) is 5.64. The lowest BCUT2D eigenvalue weighted by molar-refractivity contribution is 0.378. The molecule has 7 heteroatoms. The molecular formula is C24H24N4O3. The molecule has 1 aromatic heterocycles. The van der Waals surface area contributed by atoms with Crippen LogP contribution in [0.4, 0.5) is 0 Å². The predicted octanol–water partition coefficient (Wildman–Crippen LogP) is 4.24. The molecule has 1 unspecified atom stereocenters. The lowest BCUT2D eigenvalue weighted by atomic mass is 9.78. The zero-order valence-electron chi connectivity index (χ0n) is 18.2. The molecule has 3 aromatic rings. The quantitative estimate of drug-likeness (QED) is 0.659. The summed E-state index contributed by atoms with van der Waals surface area (Å²) in [4.78, 5) is 0. The Morgan fingerprint density at radius 3 is 2.39 bits per heavy atom. The minimum atomic E-state index is -0.431. The topological polar surface area (TPSA) is 106 Å². The summed E-state index contributed by atoms with van der Waals surface area (Å²) in [6.45, 7) is 6.14. The van der Waals surface area contributed by atoms with E-state index in [0.717, 1.165) is 33.4 Å². The fourth-order valence-corrected chi connectivity index (χ4v) is 4.39. The summed E-state index contributed by atoms with van der Waals surface area (Å²) in [6, 6.07) is 12.0. The van der Waals surface area contributed by atoms with Crippen LogP contribution in [0.2, 0.25) is 0 Å². The molecule has 7 nitrogen and oxygen atoms in total. The van der Waals surface area contributed by atoms with Gasteiger partial charge in [-0.1, -0.05) is 17.7 Å². The Balaban J connectivity index is 2.03. The molecule has 0 amide bonds. The number of aromatic nitrogens is 2. The van der Waals surface area contributed by atoms with E-state index < -0.39 is 5.92 Å². The summed E-state index contributed by atoms with van der Waals surface area (Å²) >= 11 is 0. The molecule has 3 N–H and O–H groups in total. The number of benzene rings is 2. The maximum absolute atomic E-state index is 9.99. The zero-order chi connectivity index (χ0) is 22.3. The normalized spacial score (nSPS) is 15.2. The molecule has 1 atom stereocenters. The summed E-state index contributed by atoms with van der Waals surface area (Å²) < 4.78 is 16.8. The number of aryl methyl sites for hydroxylation is 3. The molecule has 158 valence electrons. The standard InChI is InChI=1S/C24H24N4O3/c1-12-8-13(2)19(14(3)9-12)20-17(11-25)23(26)31-24-21(20)22(27-28-24)16-10-15(29-4)6-7-18(16)30-5/h6-10,20H,26H2,1-5H3,(H,27,28). The Hall–Kier alpha value is -3.92. The van der Waals surface area contributed by atoms with Gasteiger partial charge in [0.25, 0.3) is 0 Å². The molecule has 4 rings (SSSR count). The third kappa shape index (κ3) is 3.26. The number of aromatic amines is 1. The second kappa shape index (κ2) is 7.73. The number of nitrogens with two attached hydrogens (primary N) is 1. The molecule has 0 aliphatic carbocycles. The van der Waals surface area contributed by atoms with Crippen LogP contribution in [0.25, 0.3) is 11.3 Å². The molecule has 0 bridgehead atoms. The zero-order valence-corrected chi connectivity index (χ0v) is 18.2. The van der Waals surface area contributed by atoms with Gasteiger partial charge in [-0.2, -0.15) is 5.26 Å². The highest BCUT2D eigenvalue weighted by Crippen LogP contribution is 2.49. The predicted molar refractivity (Wildman–Crippen MR) is 117 cm³/mol. The van der Waals surface area contributed by atoms with Crippen molar-refractivity contribution in [3.05, 3.63) is 69.6 Å². The first kappa shape index (κ1) is 20.4. The summed E-state index contributed by atoms with van der Waals surface area (Å²) in [5, 5.41) is 17.4. The summed E-state index contributed by atoms with van der Waals surface area (Å²) in [7, 11) is 3.21.